The zero-order valence-electron chi connectivity index (χ0n) is 10.9. The lowest BCUT2D eigenvalue weighted by Crippen LogP contribution is -2.22. The second-order valence-electron chi connectivity index (χ2n) is 4.16. The van der Waals surface area contributed by atoms with E-state index in [2.05, 4.69) is 44.6 Å². The molecular formula is C13H16BrN3OS. The number of rotatable bonds is 6. The van der Waals surface area contributed by atoms with E-state index in [9.17, 15) is 0 Å². The Bertz CT molecular complexity index is 532. The molecule has 1 heterocycles. The first-order valence-electron chi connectivity index (χ1n) is 6.01. The van der Waals surface area contributed by atoms with Crippen molar-refractivity contribution >= 4 is 27.7 Å². The van der Waals surface area contributed by atoms with E-state index in [0.717, 1.165) is 16.6 Å². The predicted molar refractivity (Wildman–Crippen MR) is 82.1 cm³/mol. The van der Waals surface area contributed by atoms with Gasteiger partial charge in [0, 0.05) is 16.3 Å². The van der Waals surface area contributed by atoms with Gasteiger partial charge in [-0.3, -0.25) is 0 Å². The summed E-state index contributed by atoms with van der Waals surface area (Å²) in [5.74, 6) is 1.15. The monoisotopic (exact) mass is 341 g/mol. The fourth-order valence-electron chi connectivity index (χ4n) is 1.53. The first kappa shape index (κ1) is 14.6. The van der Waals surface area contributed by atoms with Crippen molar-refractivity contribution < 1.29 is 4.42 Å². The Morgan fingerprint density at radius 1 is 1.37 bits per heavy atom. The zero-order valence-corrected chi connectivity index (χ0v) is 13.3. The third kappa shape index (κ3) is 4.06. The molecule has 0 aliphatic carbocycles. The molecule has 0 aliphatic rings. The minimum Gasteiger partial charge on any atom is -0.419 e. The summed E-state index contributed by atoms with van der Waals surface area (Å²) in [7, 11) is 0. The lowest BCUT2D eigenvalue weighted by Gasteiger charge is -2.07. The first-order valence-corrected chi connectivity index (χ1v) is 8.09. The van der Waals surface area contributed by atoms with Gasteiger partial charge in [-0.2, -0.15) is 11.8 Å². The van der Waals surface area contributed by atoms with Gasteiger partial charge >= 0.3 is 0 Å². The summed E-state index contributed by atoms with van der Waals surface area (Å²) in [4.78, 5) is 0. The van der Waals surface area contributed by atoms with Gasteiger partial charge in [-0.25, -0.2) is 0 Å². The Hall–Kier alpha value is -0.850. The van der Waals surface area contributed by atoms with Crippen LogP contribution in [0.2, 0.25) is 0 Å². The maximum absolute atomic E-state index is 5.64. The molecule has 0 saturated carbocycles. The first-order chi connectivity index (χ1) is 9.20. The number of hydrogen-bond acceptors (Lipinski definition) is 5. The zero-order chi connectivity index (χ0) is 13.7. The average molecular weight is 342 g/mol. The Kier molecular flexibility index (Phi) is 5.42. The third-order valence-electron chi connectivity index (χ3n) is 2.68. The number of halogens is 1. The molecule has 0 bridgehead atoms. The highest BCUT2D eigenvalue weighted by molar-refractivity contribution is 9.10. The van der Waals surface area contributed by atoms with E-state index in [1.54, 1.807) is 0 Å². The minimum absolute atomic E-state index is 0.544. The molecule has 0 fully saturated rings. The Labute approximate surface area is 125 Å². The smallest absolute Gasteiger partial charge is 0.248 e. The quantitative estimate of drug-likeness (QED) is 0.873. The van der Waals surface area contributed by atoms with E-state index in [1.165, 1.54) is 0 Å². The summed E-state index contributed by atoms with van der Waals surface area (Å²) in [6, 6.07) is 7.81. The van der Waals surface area contributed by atoms with Crippen molar-refractivity contribution in [2.24, 2.45) is 0 Å². The molecular weight excluding hydrogens is 326 g/mol. The van der Waals surface area contributed by atoms with Gasteiger partial charge in [0.25, 0.3) is 0 Å². The lowest BCUT2D eigenvalue weighted by molar-refractivity contribution is 0.478. The summed E-state index contributed by atoms with van der Waals surface area (Å²) in [5, 5.41) is 12.0. The van der Waals surface area contributed by atoms with Crippen LogP contribution in [0.15, 0.2) is 33.2 Å². The van der Waals surface area contributed by atoms with Gasteiger partial charge < -0.3 is 9.73 Å². The largest absolute Gasteiger partial charge is 0.419 e. The molecule has 19 heavy (non-hydrogen) atoms. The molecule has 0 amide bonds. The maximum atomic E-state index is 5.64. The summed E-state index contributed by atoms with van der Waals surface area (Å²) >= 11 is 5.31. The van der Waals surface area contributed by atoms with Crippen LogP contribution in [0, 0.1) is 0 Å². The van der Waals surface area contributed by atoms with E-state index >= 15 is 0 Å². The molecule has 1 aromatic heterocycles. The Balaban J connectivity index is 1.98. The normalized spacial score (nSPS) is 12.6. The van der Waals surface area contributed by atoms with Crippen LogP contribution in [0.3, 0.4) is 0 Å². The molecule has 1 atom stereocenters. The van der Waals surface area contributed by atoms with Crippen LogP contribution in [0.25, 0.3) is 11.5 Å². The number of nitrogens with one attached hydrogen (secondary N) is 1. The summed E-state index contributed by atoms with van der Waals surface area (Å²) in [6.07, 6.45) is 2.10. The van der Waals surface area contributed by atoms with Crippen molar-refractivity contribution in [1.82, 2.24) is 15.5 Å². The van der Waals surface area contributed by atoms with Gasteiger partial charge in [-0.15, -0.1) is 10.2 Å². The van der Waals surface area contributed by atoms with Gasteiger partial charge in [-0.05, 0) is 34.3 Å². The molecule has 0 saturated heterocycles. The second kappa shape index (κ2) is 7.07. The number of benzene rings is 1. The molecule has 0 aliphatic heterocycles. The molecule has 1 unspecified atom stereocenters. The number of hydrogen-bond donors (Lipinski definition) is 1. The molecule has 1 aromatic carbocycles. The van der Waals surface area contributed by atoms with Crippen molar-refractivity contribution in [3.8, 4) is 11.5 Å². The predicted octanol–water partition coefficient (Wildman–Crippen LogP) is 3.34. The number of thioether (sulfide) groups is 1. The third-order valence-corrected chi connectivity index (χ3v) is 4.34. The van der Waals surface area contributed by atoms with E-state index < -0.39 is 0 Å². The maximum Gasteiger partial charge on any atom is 0.248 e. The van der Waals surface area contributed by atoms with Gasteiger partial charge in [0.1, 0.15) is 0 Å². The standard InChI is InChI=1S/C13H16BrN3OS/c1-9(19-2)7-15-8-12-16-17-13(18-12)10-5-3-4-6-11(10)14/h3-6,9,15H,7-8H2,1-2H3. The summed E-state index contributed by atoms with van der Waals surface area (Å²) in [5.41, 5.74) is 0.915. The van der Waals surface area contributed by atoms with Crippen molar-refractivity contribution in [2.75, 3.05) is 12.8 Å². The average Bonchev–Trinajstić information content (AvgIpc) is 2.87. The summed E-state index contributed by atoms with van der Waals surface area (Å²) in [6.45, 7) is 3.70. The van der Waals surface area contributed by atoms with Crippen molar-refractivity contribution in [3.63, 3.8) is 0 Å². The van der Waals surface area contributed by atoms with Crippen LogP contribution >= 0.6 is 27.7 Å². The van der Waals surface area contributed by atoms with Crippen molar-refractivity contribution in [3.05, 3.63) is 34.6 Å². The van der Waals surface area contributed by atoms with Crippen LogP contribution in [-0.4, -0.2) is 28.2 Å². The van der Waals surface area contributed by atoms with E-state index in [1.807, 2.05) is 36.0 Å². The molecule has 102 valence electrons. The van der Waals surface area contributed by atoms with Crippen LogP contribution in [0.5, 0.6) is 0 Å². The fourth-order valence-corrected chi connectivity index (χ4v) is 2.27. The van der Waals surface area contributed by atoms with Gasteiger partial charge in [0.15, 0.2) is 0 Å². The lowest BCUT2D eigenvalue weighted by atomic mass is 10.2. The van der Waals surface area contributed by atoms with E-state index in [-0.39, 0.29) is 0 Å². The molecule has 6 heteroatoms. The van der Waals surface area contributed by atoms with E-state index in [4.69, 9.17) is 4.42 Å². The highest BCUT2D eigenvalue weighted by Crippen LogP contribution is 2.26. The highest BCUT2D eigenvalue weighted by atomic mass is 79.9. The second-order valence-corrected chi connectivity index (χ2v) is 6.29. The molecule has 2 rings (SSSR count). The Morgan fingerprint density at radius 3 is 2.89 bits per heavy atom. The molecule has 4 nitrogen and oxygen atoms in total. The number of aromatic nitrogens is 2. The van der Waals surface area contributed by atoms with Crippen molar-refractivity contribution in [1.29, 1.82) is 0 Å². The van der Waals surface area contributed by atoms with Crippen LogP contribution in [-0.2, 0) is 6.54 Å². The molecule has 0 spiro atoms. The van der Waals surface area contributed by atoms with Crippen LogP contribution in [0.1, 0.15) is 12.8 Å². The van der Waals surface area contributed by atoms with E-state index in [0.29, 0.717) is 23.6 Å². The fraction of sp³-hybridized carbons (Fsp3) is 0.385. The van der Waals surface area contributed by atoms with Crippen molar-refractivity contribution in [2.45, 2.75) is 18.7 Å². The van der Waals surface area contributed by atoms with Crippen LogP contribution < -0.4 is 5.32 Å². The van der Waals surface area contributed by atoms with Gasteiger partial charge in [-0.1, -0.05) is 19.1 Å². The van der Waals surface area contributed by atoms with Gasteiger partial charge in [0.05, 0.1) is 12.1 Å². The van der Waals surface area contributed by atoms with Crippen LogP contribution in [0.4, 0.5) is 0 Å². The molecule has 2 aromatic rings. The molecule has 1 N–H and O–H groups in total. The summed E-state index contributed by atoms with van der Waals surface area (Å²) < 4.78 is 6.60. The van der Waals surface area contributed by atoms with Gasteiger partial charge in [0.2, 0.25) is 11.8 Å². The molecule has 0 radical (unpaired) electrons. The number of nitrogens with zero attached hydrogens (tertiary/aromatic N) is 2. The highest BCUT2D eigenvalue weighted by Gasteiger charge is 2.11. The topological polar surface area (TPSA) is 51.0 Å². The minimum atomic E-state index is 0.544. The Morgan fingerprint density at radius 2 is 2.16 bits per heavy atom. The SMILES string of the molecule is CSC(C)CNCc1nnc(-c2ccccc2Br)o1.